The van der Waals surface area contributed by atoms with Crippen LogP contribution in [-0.4, -0.2) is 34.8 Å². The molecule has 0 unspecified atom stereocenters. The number of rotatable bonds is 4. The van der Waals surface area contributed by atoms with E-state index in [1.807, 2.05) is 12.3 Å². The fraction of sp³-hybridized carbons (Fsp3) is 0.500. The summed E-state index contributed by atoms with van der Waals surface area (Å²) in [7, 11) is 0. The molecule has 124 valence electrons. The summed E-state index contributed by atoms with van der Waals surface area (Å²) in [5.74, 6) is 0. The first-order chi connectivity index (χ1) is 11.1. The third-order valence-electron chi connectivity index (χ3n) is 4.71. The molecule has 1 fully saturated rings. The van der Waals surface area contributed by atoms with Crippen LogP contribution in [0.1, 0.15) is 36.8 Å². The molecule has 3 rings (SSSR count). The maximum atomic E-state index is 12.0. The molecular weight excluding hydrogens is 290 g/mol. The first-order valence-corrected chi connectivity index (χ1v) is 8.41. The molecule has 1 aliphatic rings. The fourth-order valence-electron chi connectivity index (χ4n) is 3.42. The molecule has 2 amide bonds. The second-order valence-electron chi connectivity index (χ2n) is 6.47. The predicted molar refractivity (Wildman–Crippen MR) is 91.5 cm³/mol. The highest BCUT2D eigenvalue weighted by molar-refractivity contribution is 5.86. The van der Waals surface area contributed by atoms with E-state index in [1.54, 1.807) is 0 Å². The molecule has 23 heavy (non-hydrogen) atoms. The number of H-pyrrole nitrogens is 1. The highest BCUT2D eigenvalue weighted by atomic mass is 16.3. The summed E-state index contributed by atoms with van der Waals surface area (Å²) in [4.78, 5) is 15.2. The van der Waals surface area contributed by atoms with Gasteiger partial charge in [-0.25, -0.2) is 4.79 Å². The second-order valence-corrected chi connectivity index (χ2v) is 6.47. The number of aliphatic hydroxyl groups is 1. The molecule has 0 atom stereocenters. The van der Waals surface area contributed by atoms with E-state index in [0.29, 0.717) is 6.54 Å². The summed E-state index contributed by atoms with van der Waals surface area (Å²) in [6.07, 6.45) is 5.91. The van der Waals surface area contributed by atoms with Gasteiger partial charge in [-0.05, 0) is 56.2 Å². The van der Waals surface area contributed by atoms with Crippen molar-refractivity contribution >= 4 is 16.9 Å². The van der Waals surface area contributed by atoms with Gasteiger partial charge < -0.3 is 20.7 Å². The van der Waals surface area contributed by atoms with Crippen LogP contribution in [0, 0.1) is 6.92 Å². The Labute approximate surface area is 136 Å². The molecule has 0 radical (unpaired) electrons. The van der Waals surface area contributed by atoms with Gasteiger partial charge in [-0.3, -0.25) is 0 Å². The minimum Gasteiger partial charge on any atom is -0.393 e. The van der Waals surface area contributed by atoms with Crippen molar-refractivity contribution in [1.82, 2.24) is 15.6 Å². The van der Waals surface area contributed by atoms with E-state index < -0.39 is 0 Å². The zero-order valence-corrected chi connectivity index (χ0v) is 13.6. The number of aromatic amines is 1. The van der Waals surface area contributed by atoms with Crippen molar-refractivity contribution in [3.63, 3.8) is 0 Å². The van der Waals surface area contributed by atoms with Gasteiger partial charge in [0.15, 0.2) is 0 Å². The molecule has 5 heteroatoms. The number of carbonyl (C=O) groups is 1. The van der Waals surface area contributed by atoms with Crippen LogP contribution in [0.4, 0.5) is 4.79 Å². The van der Waals surface area contributed by atoms with Gasteiger partial charge in [0.1, 0.15) is 0 Å². The number of carbonyl (C=O) groups excluding carboxylic acids is 1. The number of urea groups is 1. The molecule has 5 nitrogen and oxygen atoms in total. The number of fused-ring (bicyclic) bond motifs is 1. The molecule has 0 aliphatic heterocycles. The van der Waals surface area contributed by atoms with Crippen molar-refractivity contribution in [3.05, 3.63) is 35.5 Å². The van der Waals surface area contributed by atoms with E-state index in [4.69, 9.17) is 0 Å². The Kier molecular flexibility index (Phi) is 4.86. The van der Waals surface area contributed by atoms with Crippen molar-refractivity contribution in [2.75, 3.05) is 6.54 Å². The van der Waals surface area contributed by atoms with Gasteiger partial charge in [0.2, 0.25) is 0 Å². The van der Waals surface area contributed by atoms with Crippen LogP contribution in [0.25, 0.3) is 10.9 Å². The first-order valence-electron chi connectivity index (χ1n) is 8.41. The van der Waals surface area contributed by atoms with Crippen LogP contribution in [0.15, 0.2) is 24.4 Å². The summed E-state index contributed by atoms with van der Waals surface area (Å²) in [5, 5.41) is 16.7. The Balaban J connectivity index is 1.48. The van der Waals surface area contributed by atoms with E-state index in [-0.39, 0.29) is 18.2 Å². The highest BCUT2D eigenvalue weighted by Gasteiger charge is 2.20. The summed E-state index contributed by atoms with van der Waals surface area (Å²) in [6.45, 7) is 2.72. The van der Waals surface area contributed by atoms with Gasteiger partial charge in [-0.15, -0.1) is 0 Å². The minimum absolute atomic E-state index is 0.108. The molecule has 4 N–H and O–H groups in total. The van der Waals surface area contributed by atoms with Crippen molar-refractivity contribution in [3.8, 4) is 0 Å². The van der Waals surface area contributed by atoms with Crippen molar-refractivity contribution in [2.45, 2.75) is 51.2 Å². The maximum Gasteiger partial charge on any atom is 0.315 e. The molecule has 1 aliphatic carbocycles. The number of benzene rings is 1. The molecule has 0 saturated heterocycles. The van der Waals surface area contributed by atoms with Crippen LogP contribution in [0.5, 0.6) is 0 Å². The normalized spacial score (nSPS) is 21.3. The number of amides is 2. The Morgan fingerprint density at radius 3 is 2.87 bits per heavy atom. The van der Waals surface area contributed by atoms with E-state index >= 15 is 0 Å². The summed E-state index contributed by atoms with van der Waals surface area (Å²) in [5.41, 5.74) is 3.63. The number of aryl methyl sites for hydroxylation is 1. The largest absolute Gasteiger partial charge is 0.393 e. The molecule has 0 spiro atoms. The lowest BCUT2D eigenvalue weighted by Gasteiger charge is -2.26. The van der Waals surface area contributed by atoms with Crippen LogP contribution < -0.4 is 10.6 Å². The average molecular weight is 315 g/mol. The number of hydrogen-bond donors (Lipinski definition) is 4. The van der Waals surface area contributed by atoms with Gasteiger partial charge >= 0.3 is 6.03 Å². The maximum absolute atomic E-state index is 12.0. The van der Waals surface area contributed by atoms with Gasteiger partial charge in [-0.2, -0.15) is 0 Å². The zero-order chi connectivity index (χ0) is 16.2. The van der Waals surface area contributed by atoms with E-state index in [9.17, 15) is 9.90 Å². The molecule has 1 aromatic heterocycles. The van der Waals surface area contributed by atoms with Crippen molar-refractivity contribution in [2.24, 2.45) is 0 Å². The zero-order valence-electron chi connectivity index (χ0n) is 13.6. The van der Waals surface area contributed by atoms with Crippen molar-refractivity contribution < 1.29 is 9.90 Å². The summed E-state index contributed by atoms with van der Waals surface area (Å²) >= 11 is 0. The topological polar surface area (TPSA) is 77.2 Å². The number of aliphatic hydroxyl groups excluding tert-OH is 1. The highest BCUT2D eigenvalue weighted by Crippen LogP contribution is 2.22. The lowest BCUT2D eigenvalue weighted by Crippen LogP contribution is -2.44. The van der Waals surface area contributed by atoms with Gasteiger partial charge in [-0.1, -0.05) is 12.1 Å². The van der Waals surface area contributed by atoms with Gasteiger partial charge in [0.25, 0.3) is 0 Å². The predicted octanol–water partition coefficient (Wildman–Crippen LogP) is 2.62. The Bertz CT molecular complexity index is 672. The SMILES string of the molecule is Cc1cccc2[nH]cc(CCNC(=O)NC3CCC(O)CC3)c12. The standard InChI is InChI=1S/C18H25N3O2/c1-12-3-2-4-16-17(12)13(11-20-16)9-10-19-18(23)21-14-5-7-15(22)8-6-14/h2-4,11,14-15,20,22H,5-10H2,1H3,(H2,19,21,23). The third kappa shape index (κ3) is 3.85. The van der Waals surface area contributed by atoms with E-state index in [1.165, 1.54) is 16.5 Å². The van der Waals surface area contributed by atoms with Crippen LogP contribution in [0.2, 0.25) is 0 Å². The average Bonchev–Trinajstić information content (AvgIpc) is 2.94. The lowest BCUT2D eigenvalue weighted by atomic mass is 9.93. The quantitative estimate of drug-likeness (QED) is 0.700. The smallest absolute Gasteiger partial charge is 0.315 e. The minimum atomic E-state index is -0.193. The van der Waals surface area contributed by atoms with Crippen LogP contribution >= 0.6 is 0 Å². The Hall–Kier alpha value is -2.01. The molecule has 1 aromatic carbocycles. The fourth-order valence-corrected chi connectivity index (χ4v) is 3.42. The number of hydrogen-bond acceptors (Lipinski definition) is 2. The van der Waals surface area contributed by atoms with Gasteiger partial charge in [0.05, 0.1) is 6.10 Å². The van der Waals surface area contributed by atoms with Crippen molar-refractivity contribution in [1.29, 1.82) is 0 Å². The first kappa shape index (κ1) is 15.9. The molecular formula is C18H25N3O2. The van der Waals surface area contributed by atoms with Crippen LogP contribution in [-0.2, 0) is 6.42 Å². The van der Waals surface area contributed by atoms with E-state index in [2.05, 4.69) is 34.7 Å². The Morgan fingerprint density at radius 1 is 1.30 bits per heavy atom. The lowest BCUT2D eigenvalue weighted by molar-refractivity contribution is 0.117. The number of aromatic nitrogens is 1. The Morgan fingerprint density at radius 2 is 2.09 bits per heavy atom. The number of nitrogens with one attached hydrogen (secondary N) is 3. The summed E-state index contributed by atoms with van der Waals surface area (Å²) in [6, 6.07) is 6.31. The molecule has 2 aromatic rings. The second kappa shape index (κ2) is 7.04. The molecule has 1 saturated carbocycles. The van der Waals surface area contributed by atoms with Gasteiger partial charge in [0, 0.05) is 29.7 Å². The monoisotopic (exact) mass is 315 g/mol. The molecule has 0 bridgehead atoms. The molecule has 1 heterocycles. The van der Waals surface area contributed by atoms with E-state index in [0.717, 1.165) is 37.6 Å². The van der Waals surface area contributed by atoms with Crippen LogP contribution in [0.3, 0.4) is 0 Å². The third-order valence-corrected chi connectivity index (χ3v) is 4.71. The summed E-state index contributed by atoms with van der Waals surface area (Å²) < 4.78 is 0.